The Morgan fingerprint density at radius 2 is 1.54 bits per heavy atom. The van der Waals surface area contributed by atoms with E-state index in [0.717, 1.165) is 38.7 Å². The smallest absolute Gasteiger partial charge is 0.330 e. The van der Waals surface area contributed by atoms with Crippen LogP contribution in [0.4, 0.5) is 0 Å². The molecule has 1 fully saturated rings. The number of rotatable bonds is 14. The summed E-state index contributed by atoms with van der Waals surface area (Å²) >= 11 is 0. The highest BCUT2D eigenvalue weighted by atomic mass is 16.5. The number of carbonyl (C=O) groups is 1. The molecule has 3 nitrogen and oxygen atoms in total. The summed E-state index contributed by atoms with van der Waals surface area (Å²) in [4.78, 5) is 11.3. The first-order valence-electron chi connectivity index (χ1n) is 10.2. The van der Waals surface area contributed by atoms with E-state index in [2.05, 4.69) is 13.5 Å². The zero-order chi connectivity index (χ0) is 17.5. The average Bonchev–Trinajstić information content (AvgIpc) is 2.60. The van der Waals surface area contributed by atoms with E-state index in [1.54, 1.807) is 0 Å². The number of unbranched alkanes of at least 4 members (excludes halogenated alkanes) is 9. The molecule has 140 valence electrons. The van der Waals surface area contributed by atoms with Gasteiger partial charge in [-0.2, -0.15) is 0 Å². The SMILES string of the molecule is C=CC(=O)OC1CCCC(OCCCCCCCCCCCC)C1. The first kappa shape index (κ1) is 21.2. The fourth-order valence-electron chi connectivity index (χ4n) is 3.41. The maximum absolute atomic E-state index is 11.3. The van der Waals surface area contributed by atoms with E-state index in [-0.39, 0.29) is 18.2 Å². The highest BCUT2D eigenvalue weighted by Crippen LogP contribution is 2.24. The van der Waals surface area contributed by atoms with Crippen LogP contribution in [0.15, 0.2) is 12.7 Å². The Bertz CT molecular complexity index is 327. The molecule has 0 heterocycles. The van der Waals surface area contributed by atoms with Crippen LogP contribution in [-0.2, 0) is 14.3 Å². The fraction of sp³-hybridized carbons (Fsp3) is 0.857. The fourth-order valence-corrected chi connectivity index (χ4v) is 3.41. The maximum Gasteiger partial charge on any atom is 0.330 e. The molecule has 0 aromatic carbocycles. The Labute approximate surface area is 149 Å². The van der Waals surface area contributed by atoms with Gasteiger partial charge >= 0.3 is 5.97 Å². The lowest BCUT2D eigenvalue weighted by Gasteiger charge is -2.28. The normalized spacial score (nSPS) is 20.7. The van der Waals surface area contributed by atoms with E-state index in [1.807, 2.05) is 0 Å². The molecule has 0 aromatic heterocycles. The van der Waals surface area contributed by atoms with Crippen molar-refractivity contribution in [1.82, 2.24) is 0 Å². The van der Waals surface area contributed by atoms with Crippen LogP contribution in [0.2, 0.25) is 0 Å². The Morgan fingerprint density at radius 1 is 0.958 bits per heavy atom. The minimum absolute atomic E-state index is 0.0157. The molecule has 1 aliphatic carbocycles. The van der Waals surface area contributed by atoms with Crippen molar-refractivity contribution in [2.45, 2.75) is 109 Å². The van der Waals surface area contributed by atoms with Crippen LogP contribution >= 0.6 is 0 Å². The zero-order valence-electron chi connectivity index (χ0n) is 15.8. The first-order valence-corrected chi connectivity index (χ1v) is 10.2. The van der Waals surface area contributed by atoms with Crippen LogP contribution in [0.5, 0.6) is 0 Å². The molecule has 0 radical (unpaired) electrons. The molecule has 24 heavy (non-hydrogen) atoms. The van der Waals surface area contributed by atoms with E-state index < -0.39 is 0 Å². The average molecular weight is 339 g/mol. The molecule has 1 rings (SSSR count). The van der Waals surface area contributed by atoms with Crippen LogP contribution in [0.1, 0.15) is 96.8 Å². The predicted molar refractivity (Wildman–Crippen MR) is 100 cm³/mol. The van der Waals surface area contributed by atoms with Crippen LogP contribution in [0, 0.1) is 0 Å². The number of ether oxygens (including phenoxy) is 2. The molecule has 0 bridgehead atoms. The summed E-state index contributed by atoms with van der Waals surface area (Å²) in [6, 6.07) is 0. The summed E-state index contributed by atoms with van der Waals surface area (Å²) in [6.45, 7) is 6.57. The second kappa shape index (κ2) is 14.5. The Kier molecular flexibility index (Phi) is 12.8. The van der Waals surface area contributed by atoms with Crippen molar-refractivity contribution in [2.24, 2.45) is 0 Å². The lowest BCUT2D eigenvalue weighted by molar-refractivity contribution is -0.147. The molecule has 1 aliphatic rings. The predicted octanol–water partition coefficient (Wildman–Crippen LogP) is 5.96. The van der Waals surface area contributed by atoms with E-state index in [9.17, 15) is 4.79 Å². The first-order chi connectivity index (χ1) is 11.8. The Morgan fingerprint density at radius 3 is 2.17 bits per heavy atom. The van der Waals surface area contributed by atoms with E-state index in [1.165, 1.54) is 63.9 Å². The second-order valence-electron chi connectivity index (χ2n) is 7.10. The van der Waals surface area contributed by atoms with Gasteiger partial charge in [0.2, 0.25) is 0 Å². The summed E-state index contributed by atoms with van der Waals surface area (Å²) in [5.41, 5.74) is 0. The van der Waals surface area contributed by atoms with Crippen molar-refractivity contribution < 1.29 is 14.3 Å². The van der Waals surface area contributed by atoms with Crippen LogP contribution in [0.3, 0.4) is 0 Å². The van der Waals surface area contributed by atoms with Crippen molar-refractivity contribution in [2.75, 3.05) is 6.61 Å². The van der Waals surface area contributed by atoms with Gasteiger partial charge in [0.05, 0.1) is 6.10 Å². The van der Waals surface area contributed by atoms with E-state index in [4.69, 9.17) is 9.47 Å². The number of carbonyl (C=O) groups excluding carboxylic acids is 1. The van der Waals surface area contributed by atoms with Gasteiger partial charge in [0.25, 0.3) is 0 Å². The van der Waals surface area contributed by atoms with Gasteiger partial charge in [-0.25, -0.2) is 4.79 Å². The second-order valence-corrected chi connectivity index (χ2v) is 7.10. The van der Waals surface area contributed by atoms with Crippen LogP contribution in [-0.4, -0.2) is 24.8 Å². The zero-order valence-corrected chi connectivity index (χ0v) is 15.8. The van der Waals surface area contributed by atoms with Gasteiger partial charge in [-0.05, 0) is 25.7 Å². The van der Waals surface area contributed by atoms with Crippen LogP contribution < -0.4 is 0 Å². The van der Waals surface area contributed by atoms with Crippen molar-refractivity contribution in [3.8, 4) is 0 Å². The molecule has 3 heteroatoms. The lowest BCUT2D eigenvalue weighted by atomic mass is 9.95. The van der Waals surface area contributed by atoms with Gasteiger partial charge in [-0.15, -0.1) is 0 Å². The van der Waals surface area contributed by atoms with Crippen molar-refractivity contribution >= 4 is 5.97 Å². The standard InChI is InChI=1S/C21H38O3/c1-3-5-6-7-8-9-10-11-12-13-17-23-19-15-14-16-20(18-19)24-21(22)4-2/h4,19-20H,2-3,5-18H2,1H3. The van der Waals surface area contributed by atoms with Gasteiger partial charge in [0.15, 0.2) is 0 Å². The molecule has 0 aromatic rings. The Balaban J connectivity index is 1.91. The molecule has 0 aliphatic heterocycles. The maximum atomic E-state index is 11.3. The summed E-state index contributed by atoms with van der Waals surface area (Å²) < 4.78 is 11.3. The van der Waals surface area contributed by atoms with Gasteiger partial charge in [0.1, 0.15) is 6.10 Å². The summed E-state index contributed by atoms with van der Waals surface area (Å²) in [6.07, 6.45) is 19.0. The lowest BCUT2D eigenvalue weighted by Crippen LogP contribution is -2.29. The Hall–Kier alpha value is -0.830. The molecule has 1 saturated carbocycles. The van der Waals surface area contributed by atoms with Gasteiger partial charge in [-0.3, -0.25) is 0 Å². The molecule has 0 N–H and O–H groups in total. The summed E-state index contributed by atoms with van der Waals surface area (Å²) in [5, 5.41) is 0. The third-order valence-corrected chi connectivity index (χ3v) is 4.88. The van der Waals surface area contributed by atoms with Crippen molar-refractivity contribution in [3.63, 3.8) is 0 Å². The minimum Gasteiger partial charge on any atom is -0.459 e. The van der Waals surface area contributed by atoms with Crippen molar-refractivity contribution in [1.29, 1.82) is 0 Å². The quantitative estimate of drug-likeness (QED) is 0.222. The monoisotopic (exact) mass is 338 g/mol. The molecule has 2 atom stereocenters. The van der Waals surface area contributed by atoms with Gasteiger partial charge in [-0.1, -0.05) is 71.3 Å². The third-order valence-electron chi connectivity index (χ3n) is 4.88. The van der Waals surface area contributed by atoms with Crippen molar-refractivity contribution in [3.05, 3.63) is 12.7 Å². The highest BCUT2D eigenvalue weighted by molar-refractivity contribution is 5.81. The van der Waals surface area contributed by atoms with Gasteiger partial charge in [0, 0.05) is 19.1 Å². The highest BCUT2D eigenvalue weighted by Gasteiger charge is 2.24. The molecule has 0 saturated heterocycles. The molecular formula is C21H38O3. The molecule has 2 unspecified atom stereocenters. The van der Waals surface area contributed by atoms with Crippen LogP contribution in [0.25, 0.3) is 0 Å². The molecule has 0 spiro atoms. The number of esters is 1. The third kappa shape index (κ3) is 10.9. The molecule has 0 amide bonds. The number of hydrogen-bond donors (Lipinski definition) is 0. The van der Waals surface area contributed by atoms with Gasteiger partial charge < -0.3 is 9.47 Å². The number of hydrogen-bond acceptors (Lipinski definition) is 3. The largest absolute Gasteiger partial charge is 0.459 e. The minimum atomic E-state index is -0.310. The van der Waals surface area contributed by atoms with E-state index in [0.29, 0.717) is 0 Å². The topological polar surface area (TPSA) is 35.5 Å². The van der Waals surface area contributed by atoms with E-state index >= 15 is 0 Å². The summed E-state index contributed by atoms with van der Waals surface area (Å²) in [5.74, 6) is -0.310. The molecular weight excluding hydrogens is 300 g/mol. The summed E-state index contributed by atoms with van der Waals surface area (Å²) in [7, 11) is 0.